The molecule has 166 valence electrons. The summed E-state index contributed by atoms with van der Waals surface area (Å²) in [5.41, 5.74) is 7.26. The number of nitrogens with zero attached hydrogens (tertiary/aromatic N) is 5. The molecule has 3 N–H and O–H groups in total. The highest BCUT2D eigenvalue weighted by Crippen LogP contribution is 2.35. The van der Waals surface area contributed by atoms with Gasteiger partial charge in [0.1, 0.15) is 35.6 Å². The minimum atomic E-state index is -0.803. The van der Waals surface area contributed by atoms with Crippen molar-refractivity contribution in [3.8, 4) is 17.7 Å². The van der Waals surface area contributed by atoms with E-state index in [1.807, 2.05) is 11.9 Å². The minimum absolute atomic E-state index is 0.0363. The topological polar surface area (TPSA) is 134 Å². The van der Waals surface area contributed by atoms with Crippen molar-refractivity contribution in [2.75, 3.05) is 26.4 Å². The zero-order chi connectivity index (χ0) is 23.0. The molecule has 32 heavy (non-hydrogen) atoms. The Kier molecular flexibility index (Phi) is 5.76. The van der Waals surface area contributed by atoms with E-state index < -0.39 is 17.8 Å². The summed E-state index contributed by atoms with van der Waals surface area (Å²) < 4.78 is 26.3. The molecule has 2 aromatic rings. The molecule has 0 aliphatic carbocycles. The Labute approximate surface area is 185 Å². The molecule has 0 amide bonds. The maximum Gasteiger partial charge on any atom is 0.258 e. The number of hydrogen-bond donors (Lipinski definition) is 2. The van der Waals surface area contributed by atoms with E-state index in [0.717, 1.165) is 0 Å². The summed E-state index contributed by atoms with van der Waals surface area (Å²) in [5.74, 6) is -0.640. The number of aliphatic imine (C=N–C) groups is 1. The molecular formula is C22H24FN7O2. The highest BCUT2D eigenvalue weighted by atomic mass is 19.1. The summed E-state index contributed by atoms with van der Waals surface area (Å²) in [5, 5.41) is 18.6. The summed E-state index contributed by atoms with van der Waals surface area (Å²) in [7, 11) is 3.41. The fourth-order valence-corrected chi connectivity index (χ4v) is 4.26. The number of nitrogens with two attached hydrogens (primary N) is 1. The Morgan fingerprint density at radius 1 is 1.41 bits per heavy atom. The third-order valence-corrected chi connectivity index (χ3v) is 5.88. The van der Waals surface area contributed by atoms with Crippen LogP contribution < -0.4 is 15.2 Å². The van der Waals surface area contributed by atoms with Gasteiger partial charge in [-0.2, -0.15) is 5.26 Å². The minimum Gasteiger partial charge on any atom is -0.489 e. The monoisotopic (exact) mass is 437 g/mol. The Morgan fingerprint density at radius 2 is 2.19 bits per heavy atom. The molecule has 4 bridgehead atoms. The van der Waals surface area contributed by atoms with Crippen LogP contribution in [0.5, 0.6) is 11.6 Å². The van der Waals surface area contributed by atoms with Gasteiger partial charge >= 0.3 is 0 Å². The lowest BCUT2D eigenvalue weighted by molar-refractivity contribution is 0.183. The van der Waals surface area contributed by atoms with Gasteiger partial charge in [0.05, 0.1) is 23.9 Å². The SMILES string of the molecule is CN=C(C#N)C1C(=N)C2CC(CN2C)Oc2ccc(F)cc2C(C)Oc2nc1cnc2N. The highest BCUT2D eigenvalue weighted by molar-refractivity contribution is 6.18. The number of aromatic nitrogens is 2. The lowest BCUT2D eigenvalue weighted by atomic mass is 9.88. The van der Waals surface area contributed by atoms with Crippen molar-refractivity contribution in [3.63, 3.8) is 0 Å². The lowest BCUT2D eigenvalue weighted by Gasteiger charge is -2.25. The summed E-state index contributed by atoms with van der Waals surface area (Å²) >= 11 is 0. The lowest BCUT2D eigenvalue weighted by Crippen LogP contribution is -2.38. The predicted octanol–water partition coefficient (Wildman–Crippen LogP) is 2.50. The zero-order valence-electron chi connectivity index (χ0n) is 18.0. The van der Waals surface area contributed by atoms with Gasteiger partial charge < -0.3 is 20.6 Å². The van der Waals surface area contributed by atoms with E-state index >= 15 is 0 Å². The number of nitriles is 1. The Morgan fingerprint density at radius 3 is 2.91 bits per heavy atom. The number of benzene rings is 1. The van der Waals surface area contributed by atoms with E-state index in [1.165, 1.54) is 25.4 Å². The van der Waals surface area contributed by atoms with Gasteiger partial charge in [0.2, 0.25) is 0 Å². The molecule has 4 atom stereocenters. The second-order valence-corrected chi connectivity index (χ2v) is 7.97. The van der Waals surface area contributed by atoms with Gasteiger partial charge in [0.25, 0.3) is 5.88 Å². The maximum absolute atomic E-state index is 14.1. The van der Waals surface area contributed by atoms with E-state index in [9.17, 15) is 9.65 Å². The van der Waals surface area contributed by atoms with E-state index in [1.54, 1.807) is 13.0 Å². The molecule has 1 saturated heterocycles. The smallest absolute Gasteiger partial charge is 0.258 e. The van der Waals surface area contributed by atoms with Crippen molar-refractivity contribution in [2.45, 2.75) is 37.5 Å². The molecule has 0 spiro atoms. The van der Waals surface area contributed by atoms with Gasteiger partial charge in [-0.05, 0) is 32.2 Å². The van der Waals surface area contributed by atoms with Gasteiger partial charge in [0, 0.05) is 31.3 Å². The Bertz CT molecular complexity index is 1130. The van der Waals surface area contributed by atoms with Gasteiger partial charge in [-0.3, -0.25) is 9.89 Å². The van der Waals surface area contributed by atoms with Crippen LogP contribution in [0.1, 0.15) is 36.6 Å². The summed E-state index contributed by atoms with van der Waals surface area (Å²) in [4.78, 5) is 14.8. The van der Waals surface area contributed by atoms with Gasteiger partial charge in [0.15, 0.2) is 5.82 Å². The van der Waals surface area contributed by atoms with Crippen LogP contribution in [-0.2, 0) is 0 Å². The first kappa shape index (κ1) is 21.6. The van der Waals surface area contributed by atoms with Crippen LogP contribution in [0.2, 0.25) is 0 Å². The van der Waals surface area contributed by atoms with Crippen LogP contribution in [0.3, 0.4) is 0 Å². The quantitative estimate of drug-likeness (QED) is 0.655. The second kappa shape index (κ2) is 8.51. The van der Waals surface area contributed by atoms with E-state index in [4.69, 9.17) is 20.6 Å². The van der Waals surface area contributed by atoms with E-state index in [-0.39, 0.29) is 35.3 Å². The van der Waals surface area contributed by atoms with Crippen LogP contribution in [0.25, 0.3) is 0 Å². The number of nitrogens with one attached hydrogen (secondary N) is 1. The van der Waals surface area contributed by atoms with Crippen molar-refractivity contribution in [1.29, 1.82) is 10.7 Å². The van der Waals surface area contributed by atoms with Crippen molar-refractivity contribution < 1.29 is 13.9 Å². The molecule has 2 aliphatic rings. The first-order valence-corrected chi connectivity index (χ1v) is 10.2. The third-order valence-electron chi connectivity index (χ3n) is 5.88. The number of fused-ring (bicyclic) bond motifs is 5. The van der Waals surface area contributed by atoms with E-state index in [2.05, 4.69) is 21.0 Å². The van der Waals surface area contributed by atoms with Crippen LogP contribution >= 0.6 is 0 Å². The molecule has 1 aromatic heterocycles. The number of rotatable bonds is 1. The van der Waals surface area contributed by atoms with Crippen LogP contribution in [0, 0.1) is 22.6 Å². The van der Waals surface area contributed by atoms with E-state index in [0.29, 0.717) is 30.0 Å². The molecule has 1 aromatic carbocycles. The summed E-state index contributed by atoms with van der Waals surface area (Å²) in [6.45, 7) is 2.31. The maximum atomic E-state index is 14.1. The number of hydrogen-bond acceptors (Lipinski definition) is 9. The number of likely N-dealkylation sites (N-methyl/N-ethyl adjacent to an activating group) is 1. The molecule has 1 fully saturated rings. The largest absolute Gasteiger partial charge is 0.489 e. The molecule has 0 saturated carbocycles. The van der Waals surface area contributed by atoms with Crippen molar-refractivity contribution in [2.24, 2.45) is 4.99 Å². The zero-order valence-corrected chi connectivity index (χ0v) is 18.0. The molecule has 9 nitrogen and oxygen atoms in total. The number of anilines is 1. The highest BCUT2D eigenvalue weighted by Gasteiger charge is 2.40. The first-order valence-electron chi connectivity index (χ1n) is 10.2. The van der Waals surface area contributed by atoms with Crippen LogP contribution in [0.4, 0.5) is 10.2 Å². The molecular weight excluding hydrogens is 413 g/mol. The predicted molar refractivity (Wildman–Crippen MR) is 117 cm³/mol. The standard InChI is InChI=1S/C22H24FN7O2/c1-11-14-6-12(23)4-5-18(14)32-13-7-17(30(3)10-13)20(25)19(15(8-24)27-2)16-9-28-21(26)22(29-16)31-11/h4-6,9,11,13,17,19,25H,7,10H2,1-3H3,(H2,26,28). The number of likely N-dealkylation sites (tertiary alicyclic amines) is 1. The van der Waals surface area contributed by atoms with Crippen molar-refractivity contribution in [1.82, 2.24) is 14.9 Å². The third kappa shape index (κ3) is 3.87. The molecule has 4 unspecified atom stereocenters. The number of halogens is 1. The second-order valence-electron chi connectivity index (χ2n) is 7.97. The Balaban J connectivity index is 1.89. The first-order chi connectivity index (χ1) is 15.3. The fraction of sp³-hybridized carbons (Fsp3) is 0.409. The van der Waals surface area contributed by atoms with Crippen LogP contribution in [-0.4, -0.2) is 59.1 Å². The summed E-state index contributed by atoms with van der Waals surface area (Å²) in [6.07, 6.45) is 1.09. The van der Waals surface area contributed by atoms with Gasteiger partial charge in [-0.15, -0.1) is 0 Å². The van der Waals surface area contributed by atoms with Crippen molar-refractivity contribution in [3.05, 3.63) is 41.5 Å². The van der Waals surface area contributed by atoms with Gasteiger partial charge in [-0.25, -0.2) is 14.4 Å². The average Bonchev–Trinajstić information content (AvgIpc) is 3.14. The normalized spacial score (nSPS) is 26.0. The van der Waals surface area contributed by atoms with Crippen molar-refractivity contribution >= 4 is 17.2 Å². The number of ether oxygens (including phenoxy) is 2. The number of nitrogen functional groups attached to an aromatic ring is 1. The average molecular weight is 437 g/mol. The Hall–Kier alpha value is -3.58. The molecule has 4 rings (SSSR count). The van der Waals surface area contributed by atoms with Gasteiger partial charge in [-0.1, -0.05) is 0 Å². The molecule has 2 aliphatic heterocycles. The fourth-order valence-electron chi connectivity index (χ4n) is 4.26. The summed E-state index contributed by atoms with van der Waals surface area (Å²) in [6, 6.07) is 6.06. The molecule has 10 heteroatoms. The van der Waals surface area contributed by atoms with Crippen LogP contribution in [0.15, 0.2) is 29.4 Å². The molecule has 3 heterocycles. The molecule has 0 radical (unpaired) electrons.